The zero-order chi connectivity index (χ0) is 11.5. The predicted molar refractivity (Wildman–Crippen MR) is 69.3 cm³/mol. The molecule has 0 amide bonds. The normalized spacial score (nSPS) is 22.3. The van der Waals surface area contributed by atoms with Crippen LogP contribution in [-0.2, 0) is 6.42 Å². The summed E-state index contributed by atoms with van der Waals surface area (Å²) in [5.74, 6) is 0.895. The van der Waals surface area contributed by atoms with Crippen LogP contribution in [0.2, 0.25) is 0 Å². The number of benzene rings is 1. The molecule has 1 aromatic rings. The van der Waals surface area contributed by atoms with Gasteiger partial charge in [-0.2, -0.15) is 11.8 Å². The number of hydrogen-bond donors (Lipinski definition) is 1. The van der Waals surface area contributed by atoms with Crippen molar-refractivity contribution in [3.05, 3.63) is 34.1 Å². The second-order valence-corrected chi connectivity index (χ2v) is 6.26. The number of hydrogen-bond acceptors (Lipinski definition) is 2. The predicted octanol–water partition coefficient (Wildman–Crippen LogP) is 3.39. The van der Waals surface area contributed by atoms with Gasteiger partial charge in [-0.25, -0.2) is 4.39 Å². The molecule has 0 spiro atoms. The largest absolute Gasteiger partial charge is 0.392 e. The lowest BCUT2D eigenvalue weighted by Gasteiger charge is -2.17. The van der Waals surface area contributed by atoms with Crippen LogP contribution >= 0.6 is 27.7 Å². The van der Waals surface area contributed by atoms with Crippen molar-refractivity contribution in [3.8, 4) is 0 Å². The molecule has 88 valence electrons. The van der Waals surface area contributed by atoms with Crippen LogP contribution in [0, 0.1) is 5.82 Å². The van der Waals surface area contributed by atoms with E-state index in [0.29, 0.717) is 11.7 Å². The molecule has 1 nitrogen and oxygen atoms in total. The third kappa shape index (κ3) is 2.99. The molecule has 1 aliphatic rings. The third-order valence-electron chi connectivity index (χ3n) is 2.84. The Bertz CT molecular complexity index is 366. The fourth-order valence-electron chi connectivity index (χ4n) is 1.95. The molecule has 2 rings (SSSR count). The van der Waals surface area contributed by atoms with Crippen LogP contribution < -0.4 is 0 Å². The van der Waals surface area contributed by atoms with Gasteiger partial charge in [-0.1, -0.05) is 22.0 Å². The maximum absolute atomic E-state index is 12.9. The minimum absolute atomic E-state index is 0.250. The van der Waals surface area contributed by atoms with Gasteiger partial charge in [-0.05, 0) is 36.3 Å². The molecule has 2 atom stereocenters. The minimum Gasteiger partial charge on any atom is -0.392 e. The molecule has 1 aliphatic heterocycles. The monoisotopic (exact) mass is 304 g/mol. The summed E-state index contributed by atoms with van der Waals surface area (Å²) in [7, 11) is 0. The van der Waals surface area contributed by atoms with Crippen LogP contribution in [0.15, 0.2) is 22.7 Å². The van der Waals surface area contributed by atoms with E-state index < -0.39 is 0 Å². The Hall–Kier alpha value is -0.0600. The van der Waals surface area contributed by atoms with Crippen LogP contribution in [0.3, 0.4) is 0 Å². The summed E-state index contributed by atoms with van der Waals surface area (Å²) in [6, 6.07) is 4.63. The zero-order valence-electron chi connectivity index (χ0n) is 8.83. The SMILES string of the molecule is OC(Cc1ccc(F)cc1Br)C1CCCS1. The quantitative estimate of drug-likeness (QED) is 0.924. The van der Waals surface area contributed by atoms with E-state index in [9.17, 15) is 9.50 Å². The Morgan fingerprint density at radius 1 is 1.56 bits per heavy atom. The summed E-state index contributed by atoms with van der Waals surface area (Å²) in [6.45, 7) is 0. The number of rotatable bonds is 3. The zero-order valence-corrected chi connectivity index (χ0v) is 11.2. The summed E-state index contributed by atoms with van der Waals surface area (Å²) in [5.41, 5.74) is 0.974. The van der Waals surface area contributed by atoms with E-state index in [1.165, 1.54) is 18.6 Å². The van der Waals surface area contributed by atoms with Crippen molar-refractivity contribution in [2.45, 2.75) is 30.6 Å². The molecular formula is C12H14BrFOS. The van der Waals surface area contributed by atoms with Gasteiger partial charge < -0.3 is 5.11 Å². The molecule has 16 heavy (non-hydrogen) atoms. The van der Waals surface area contributed by atoms with Crippen molar-refractivity contribution in [2.75, 3.05) is 5.75 Å². The number of aliphatic hydroxyl groups excluding tert-OH is 1. The first-order chi connectivity index (χ1) is 7.66. The van der Waals surface area contributed by atoms with Crippen molar-refractivity contribution in [2.24, 2.45) is 0 Å². The highest BCUT2D eigenvalue weighted by molar-refractivity contribution is 9.10. The van der Waals surface area contributed by atoms with Crippen LogP contribution in [0.4, 0.5) is 4.39 Å². The Balaban J connectivity index is 2.02. The van der Waals surface area contributed by atoms with Gasteiger partial charge in [0.15, 0.2) is 0 Å². The van der Waals surface area contributed by atoms with E-state index >= 15 is 0 Å². The summed E-state index contributed by atoms with van der Waals surface area (Å²) in [4.78, 5) is 0. The Kier molecular flexibility index (Phi) is 4.27. The molecule has 0 aliphatic carbocycles. The average Bonchev–Trinajstić information content (AvgIpc) is 2.75. The Labute approximate surface area is 108 Å². The topological polar surface area (TPSA) is 20.2 Å². The van der Waals surface area contributed by atoms with Gasteiger partial charge in [-0.15, -0.1) is 0 Å². The van der Waals surface area contributed by atoms with Crippen molar-refractivity contribution in [3.63, 3.8) is 0 Å². The lowest BCUT2D eigenvalue weighted by Crippen LogP contribution is -2.23. The molecule has 1 aromatic carbocycles. The molecule has 0 saturated carbocycles. The van der Waals surface area contributed by atoms with Gasteiger partial charge >= 0.3 is 0 Å². The second-order valence-electron chi connectivity index (χ2n) is 4.06. The van der Waals surface area contributed by atoms with E-state index in [1.54, 1.807) is 6.07 Å². The standard InChI is InChI=1S/C12H14BrFOS/c13-10-7-9(14)4-3-8(10)6-11(15)12-2-1-5-16-12/h3-4,7,11-12,15H,1-2,5-6H2. The van der Waals surface area contributed by atoms with E-state index in [2.05, 4.69) is 15.9 Å². The van der Waals surface area contributed by atoms with Crippen LogP contribution in [0.5, 0.6) is 0 Å². The maximum Gasteiger partial charge on any atom is 0.124 e. The first-order valence-corrected chi connectivity index (χ1v) is 7.24. The average molecular weight is 305 g/mol. The van der Waals surface area contributed by atoms with Crippen LogP contribution in [0.25, 0.3) is 0 Å². The lowest BCUT2D eigenvalue weighted by atomic mass is 10.0. The first kappa shape index (κ1) is 12.4. The van der Waals surface area contributed by atoms with Gasteiger partial charge in [0.05, 0.1) is 6.10 Å². The highest BCUT2D eigenvalue weighted by atomic mass is 79.9. The fourth-order valence-corrected chi connectivity index (χ4v) is 3.75. The number of halogens is 2. The van der Waals surface area contributed by atoms with Crippen LogP contribution in [-0.4, -0.2) is 22.2 Å². The number of aliphatic hydroxyl groups is 1. The molecule has 0 radical (unpaired) electrons. The molecule has 1 saturated heterocycles. The van der Waals surface area contributed by atoms with Gasteiger partial charge in [0.25, 0.3) is 0 Å². The lowest BCUT2D eigenvalue weighted by molar-refractivity contribution is 0.170. The first-order valence-electron chi connectivity index (χ1n) is 5.40. The Morgan fingerprint density at radius 3 is 3.00 bits per heavy atom. The number of thioether (sulfide) groups is 1. The molecular weight excluding hydrogens is 291 g/mol. The van der Waals surface area contributed by atoms with E-state index in [-0.39, 0.29) is 11.9 Å². The van der Waals surface area contributed by atoms with E-state index in [4.69, 9.17) is 0 Å². The Morgan fingerprint density at radius 2 is 2.38 bits per heavy atom. The maximum atomic E-state index is 12.9. The molecule has 1 N–H and O–H groups in total. The summed E-state index contributed by atoms with van der Waals surface area (Å²) < 4.78 is 13.6. The molecule has 4 heteroatoms. The second kappa shape index (κ2) is 5.52. The van der Waals surface area contributed by atoms with Crippen molar-refractivity contribution in [1.82, 2.24) is 0 Å². The summed E-state index contributed by atoms with van der Waals surface area (Å²) in [5, 5.41) is 10.4. The molecule has 2 unspecified atom stereocenters. The van der Waals surface area contributed by atoms with Crippen molar-refractivity contribution in [1.29, 1.82) is 0 Å². The molecule has 0 bridgehead atoms. The van der Waals surface area contributed by atoms with E-state index in [1.807, 2.05) is 11.8 Å². The summed E-state index contributed by atoms with van der Waals surface area (Å²) >= 11 is 5.17. The van der Waals surface area contributed by atoms with Crippen molar-refractivity contribution >= 4 is 27.7 Å². The summed E-state index contributed by atoms with van der Waals surface area (Å²) in [6.07, 6.45) is 2.55. The van der Waals surface area contributed by atoms with Crippen LogP contribution in [0.1, 0.15) is 18.4 Å². The minimum atomic E-state index is -0.325. The smallest absolute Gasteiger partial charge is 0.124 e. The highest BCUT2D eigenvalue weighted by Gasteiger charge is 2.24. The van der Waals surface area contributed by atoms with Crippen molar-refractivity contribution < 1.29 is 9.50 Å². The van der Waals surface area contributed by atoms with Gasteiger partial charge in [-0.3, -0.25) is 0 Å². The highest BCUT2D eigenvalue weighted by Crippen LogP contribution is 2.31. The van der Waals surface area contributed by atoms with Gasteiger partial charge in [0, 0.05) is 16.1 Å². The molecule has 1 fully saturated rings. The van der Waals surface area contributed by atoms with Gasteiger partial charge in [0.1, 0.15) is 5.82 Å². The van der Waals surface area contributed by atoms with E-state index in [0.717, 1.165) is 22.2 Å². The fraction of sp³-hybridized carbons (Fsp3) is 0.500. The third-order valence-corrected chi connectivity index (χ3v) is 5.08. The molecule has 0 aromatic heterocycles. The molecule has 1 heterocycles. The van der Waals surface area contributed by atoms with Gasteiger partial charge in [0.2, 0.25) is 0 Å².